The number of hydrogen-bond acceptors (Lipinski definition) is 8. The first kappa shape index (κ1) is 28.7. The molecule has 1 amide bonds. The Morgan fingerprint density at radius 1 is 1.15 bits per heavy atom. The number of aromatic amines is 1. The molecule has 2 aromatic carbocycles. The van der Waals surface area contributed by atoms with E-state index in [4.69, 9.17) is 21.3 Å². The van der Waals surface area contributed by atoms with Gasteiger partial charge in [0, 0.05) is 59.1 Å². The van der Waals surface area contributed by atoms with Crippen molar-refractivity contribution in [3.63, 3.8) is 0 Å². The third-order valence-electron chi connectivity index (χ3n) is 6.88. The number of likely N-dealkylation sites (N-methyl/N-ethyl adjacent to an activating group) is 1. The van der Waals surface area contributed by atoms with Crippen molar-refractivity contribution in [1.82, 2.24) is 19.9 Å². The Labute approximate surface area is 244 Å². The molecule has 5 rings (SSSR count). The smallest absolute Gasteiger partial charge is 0.412 e. The highest BCUT2D eigenvalue weighted by Crippen LogP contribution is 2.33. The second kappa shape index (κ2) is 11.9. The minimum Gasteiger partial charge on any atom is -0.444 e. The van der Waals surface area contributed by atoms with E-state index in [9.17, 15) is 9.90 Å². The molecule has 2 aromatic heterocycles. The van der Waals surface area contributed by atoms with Gasteiger partial charge in [0.15, 0.2) is 0 Å². The number of H-pyrrole nitrogens is 1. The summed E-state index contributed by atoms with van der Waals surface area (Å²) >= 11 is 6.51. The Bertz CT molecular complexity index is 1500. The molecule has 1 aliphatic heterocycles. The molecule has 0 saturated carbocycles. The van der Waals surface area contributed by atoms with Crippen LogP contribution in [0.1, 0.15) is 27.2 Å². The average molecular weight is 578 g/mol. The van der Waals surface area contributed by atoms with Crippen LogP contribution in [-0.2, 0) is 4.74 Å². The fourth-order valence-electron chi connectivity index (χ4n) is 5.13. The van der Waals surface area contributed by atoms with E-state index in [-0.39, 0.29) is 12.0 Å². The number of benzene rings is 2. The Morgan fingerprint density at radius 3 is 2.63 bits per heavy atom. The zero-order chi connectivity index (χ0) is 29.1. The summed E-state index contributed by atoms with van der Waals surface area (Å²) in [6, 6.07) is 15.2. The van der Waals surface area contributed by atoms with Gasteiger partial charge in [-0.25, -0.2) is 14.8 Å². The number of likely N-dealkylation sites (tertiary alicyclic amines) is 1. The lowest BCUT2D eigenvalue weighted by Crippen LogP contribution is -2.49. The lowest BCUT2D eigenvalue weighted by atomic mass is 9.93. The van der Waals surface area contributed by atoms with E-state index >= 15 is 0 Å². The number of nitrogens with one attached hydrogen (secondary N) is 4. The number of para-hydroxylation sites is 1. The molecular formula is C30H36ClN7O3. The fourth-order valence-corrected chi connectivity index (χ4v) is 5.33. The Hall–Kier alpha value is -3.86. The van der Waals surface area contributed by atoms with Crippen LogP contribution in [0.3, 0.4) is 0 Å². The van der Waals surface area contributed by atoms with Gasteiger partial charge in [0.2, 0.25) is 5.95 Å². The average Bonchev–Trinajstić information content (AvgIpc) is 3.33. The van der Waals surface area contributed by atoms with Crippen molar-refractivity contribution in [2.75, 3.05) is 36.1 Å². The van der Waals surface area contributed by atoms with Crippen molar-refractivity contribution in [3.05, 3.63) is 65.9 Å². The van der Waals surface area contributed by atoms with E-state index in [1.807, 2.05) is 70.4 Å². The van der Waals surface area contributed by atoms with Crippen LogP contribution < -0.4 is 16.0 Å². The summed E-state index contributed by atoms with van der Waals surface area (Å²) in [5.41, 5.74) is 3.37. The molecule has 10 nitrogen and oxygen atoms in total. The van der Waals surface area contributed by atoms with Crippen LogP contribution in [0.5, 0.6) is 0 Å². The second-order valence-electron chi connectivity index (χ2n) is 11.5. The number of rotatable bonds is 7. The number of aromatic nitrogens is 3. The largest absolute Gasteiger partial charge is 0.444 e. The first-order chi connectivity index (χ1) is 19.5. The summed E-state index contributed by atoms with van der Waals surface area (Å²) in [5.74, 6) is 0.440. The van der Waals surface area contributed by atoms with Crippen molar-refractivity contribution in [1.29, 1.82) is 0 Å². The number of halogens is 1. The molecule has 1 unspecified atom stereocenters. The number of aliphatic hydroxyl groups is 1. The minimum absolute atomic E-state index is 0.0209. The molecule has 4 aromatic rings. The summed E-state index contributed by atoms with van der Waals surface area (Å²) < 4.78 is 5.29. The Morgan fingerprint density at radius 2 is 1.88 bits per heavy atom. The number of amides is 1. The predicted molar refractivity (Wildman–Crippen MR) is 163 cm³/mol. The third-order valence-corrected chi connectivity index (χ3v) is 7.16. The summed E-state index contributed by atoms with van der Waals surface area (Å²) in [4.78, 5) is 26.7. The molecular weight excluding hydrogens is 542 g/mol. The molecule has 1 fully saturated rings. The van der Waals surface area contributed by atoms with Gasteiger partial charge >= 0.3 is 6.09 Å². The molecule has 41 heavy (non-hydrogen) atoms. The van der Waals surface area contributed by atoms with Crippen LogP contribution >= 0.6 is 11.6 Å². The Balaban J connectivity index is 1.22. The third kappa shape index (κ3) is 7.27. The molecule has 0 radical (unpaired) electrons. The highest BCUT2D eigenvalue weighted by molar-refractivity contribution is 6.33. The van der Waals surface area contributed by atoms with Crippen LogP contribution in [0.2, 0.25) is 5.02 Å². The highest BCUT2D eigenvalue weighted by atomic mass is 35.5. The molecule has 3 atom stereocenters. The van der Waals surface area contributed by atoms with E-state index in [1.165, 1.54) is 0 Å². The molecule has 0 bridgehead atoms. The molecule has 1 saturated heterocycles. The maximum absolute atomic E-state index is 12.0. The van der Waals surface area contributed by atoms with E-state index < -0.39 is 17.9 Å². The summed E-state index contributed by atoms with van der Waals surface area (Å²) in [6.45, 7) is 6.95. The van der Waals surface area contributed by atoms with Gasteiger partial charge in [0.05, 0.1) is 16.9 Å². The van der Waals surface area contributed by atoms with Crippen LogP contribution in [-0.4, -0.2) is 69.1 Å². The van der Waals surface area contributed by atoms with Gasteiger partial charge in [0.25, 0.3) is 0 Å². The maximum Gasteiger partial charge on any atom is 0.412 e. The number of anilines is 3. The number of nitrogens with zero attached hydrogens (tertiary/aromatic N) is 3. The standard InChI is InChI=1S/C30H36ClN7O3/c1-30(2,3)41-29(40)36-20-11-9-19(10-12-20)34-27(39)18-13-21(17-38(4)16-18)35-28-33-15-24(31)26(37-28)23-14-32-25-8-6-5-7-22(23)25/h5-12,14-15,18,21,27,32,34,39H,13,16-17H2,1-4H3,(H,36,40)(H,33,35,37)/t18-,21-,27?/m1/s1. The summed E-state index contributed by atoms with van der Waals surface area (Å²) in [7, 11) is 2.03. The molecule has 3 heterocycles. The maximum atomic E-state index is 12.0. The van der Waals surface area contributed by atoms with Crippen LogP contribution in [0.4, 0.5) is 22.1 Å². The first-order valence-corrected chi connectivity index (χ1v) is 14.0. The SMILES string of the molecule is CN1C[C@H](Nc2ncc(Cl)c(-c3c[nH]c4ccccc34)n2)C[C@@H](C(O)Nc2ccc(NC(=O)OC(C)(C)C)cc2)C1. The van der Waals surface area contributed by atoms with Gasteiger partial charge in [-0.05, 0) is 64.6 Å². The van der Waals surface area contributed by atoms with Gasteiger partial charge < -0.3 is 30.4 Å². The van der Waals surface area contributed by atoms with Gasteiger partial charge in [-0.2, -0.15) is 0 Å². The predicted octanol–water partition coefficient (Wildman–Crippen LogP) is 5.79. The van der Waals surface area contributed by atoms with E-state index in [0.29, 0.717) is 28.8 Å². The lowest BCUT2D eigenvalue weighted by Gasteiger charge is -2.38. The van der Waals surface area contributed by atoms with E-state index in [0.717, 1.165) is 35.2 Å². The monoisotopic (exact) mass is 577 g/mol. The van der Waals surface area contributed by atoms with E-state index in [2.05, 4.69) is 30.8 Å². The minimum atomic E-state index is -0.778. The van der Waals surface area contributed by atoms with Gasteiger partial charge in [0.1, 0.15) is 11.8 Å². The fraction of sp³-hybridized carbons (Fsp3) is 0.367. The number of carbonyl (C=O) groups excluding carboxylic acids is 1. The second-order valence-corrected chi connectivity index (χ2v) is 11.9. The zero-order valence-electron chi connectivity index (χ0n) is 23.6. The quantitative estimate of drug-likeness (QED) is 0.175. The van der Waals surface area contributed by atoms with Gasteiger partial charge in [-0.1, -0.05) is 29.8 Å². The van der Waals surface area contributed by atoms with E-state index in [1.54, 1.807) is 18.3 Å². The number of hydrogen-bond donors (Lipinski definition) is 5. The lowest BCUT2D eigenvalue weighted by molar-refractivity contribution is 0.0635. The highest BCUT2D eigenvalue weighted by Gasteiger charge is 2.31. The number of ether oxygens (including phenoxy) is 1. The van der Waals surface area contributed by atoms with Crippen molar-refractivity contribution in [2.45, 2.75) is 45.1 Å². The Kier molecular flexibility index (Phi) is 8.35. The number of carbonyl (C=O) groups is 1. The zero-order valence-corrected chi connectivity index (χ0v) is 24.4. The van der Waals surface area contributed by atoms with Gasteiger partial charge in [-0.15, -0.1) is 0 Å². The van der Waals surface area contributed by atoms with Crippen LogP contribution in [0.25, 0.3) is 22.2 Å². The molecule has 0 spiro atoms. The van der Waals surface area contributed by atoms with Gasteiger partial charge in [-0.3, -0.25) is 5.32 Å². The molecule has 11 heteroatoms. The van der Waals surface area contributed by atoms with Crippen molar-refractivity contribution in [2.24, 2.45) is 5.92 Å². The van der Waals surface area contributed by atoms with Crippen LogP contribution in [0, 0.1) is 5.92 Å². The molecule has 5 N–H and O–H groups in total. The van der Waals surface area contributed by atoms with Crippen molar-refractivity contribution in [3.8, 4) is 11.3 Å². The molecule has 1 aliphatic rings. The normalized spacial score (nSPS) is 18.6. The number of aliphatic hydroxyl groups excluding tert-OH is 1. The number of piperidine rings is 1. The van der Waals surface area contributed by atoms with Crippen molar-refractivity contribution < 1.29 is 14.6 Å². The summed E-state index contributed by atoms with van der Waals surface area (Å²) in [5, 5.41) is 22.0. The topological polar surface area (TPSA) is 127 Å². The van der Waals surface area contributed by atoms with Crippen LogP contribution in [0.15, 0.2) is 60.9 Å². The first-order valence-electron chi connectivity index (χ1n) is 13.6. The number of fused-ring (bicyclic) bond motifs is 1. The van der Waals surface area contributed by atoms with Crippen molar-refractivity contribution >= 4 is 45.9 Å². The summed E-state index contributed by atoms with van der Waals surface area (Å²) in [6.07, 6.45) is 2.95. The molecule has 216 valence electrons. The molecule has 0 aliphatic carbocycles.